The molecule has 6 heteroatoms. The summed E-state index contributed by atoms with van der Waals surface area (Å²) in [6, 6.07) is -0.684. The molecule has 2 N–H and O–H groups in total. The van der Waals surface area contributed by atoms with E-state index in [0.29, 0.717) is 11.3 Å². The van der Waals surface area contributed by atoms with Crippen molar-refractivity contribution in [1.29, 1.82) is 0 Å². The molecule has 0 bridgehead atoms. The minimum atomic E-state index is -0.684. The highest BCUT2D eigenvalue weighted by Crippen LogP contribution is 2.13. The van der Waals surface area contributed by atoms with E-state index in [1.807, 2.05) is 13.8 Å². The molecule has 0 unspecified atom stereocenters. The quantitative estimate of drug-likeness (QED) is 0.824. The average Bonchev–Trinajstić information content (AvgIpc) is 2.69. The molecule has 0 fully saturated rings. The third-order valence-corrected chi connectivity index (χ3v) is 2.69. The van der Waals surface area contributed by atoms with Crippen molar-refractivity contribution in [3.05, 3.63) is 17.5 Å². The normalized spacial score (nSPS) is 13.2. The Hall–Kier alpha value is -1.85. The third kappa shape index (κ3) is 4.36. The van der Waals surface area contributed by atoms with Gasteiger partial charge in [0.2, 0.25) is 0 Å². The van der Waals surface area contributed by atoms with E-state index < -0.39 is 17.6 Å². The van der Waals surface area contributed by atoms with Gasteiger partial charge >= 0.3 is 5.97 Å². The predicted molar refractivity (Wildman–Crippen MR) is 75.3 cm³/mol. The van der Waals surface area contributed by atoms with E-state index in [0.717, 1.165) is 0 Å². The summed E-state index contributed by atoms with van der Waals surface area (Å²) in [6.07, 6.45) is 1.44. The Bertz CT molecular complexity index is 486. The fourth-order valence-corrected chi connectivity index (χ4v) is 1.66. The maximum absolute atomic E-state index is 12.1. The summed E-state index contributed by atoms with van der Waals surface area (Å²) in [4.78, 5) is 24.3. The molecular weight excluding hydrogens is 258 g/mol. The lowest BCUT2D eigenvalue weighted by Crippen LogP contribution is -2.47. The van der Waals surface area contributed by atoms with E-state index in [1.54, 1.807) is 27.7 Å². The van der Waals surface area contributed by atoms with Crippen LogP contribution in [-0.4, -0.2) is 33.7 Å². The van der Waals surface area contributed by atoms with E-state index in [2.05, 4.69) is 15.5 Å². The number of carbonyl (C=O) groups excluding carboxylic acids is 2. The second kappa shape index (κ2) is 6.07. The molecule has 0 saturated heterocycles. The highest BCUT2D eigenvalue weighted by atomic mass is 16.6. The second-order valence-electron chi connectivity index (χ2n) is 6.14. The molecule has 112 valence electrons. The Morgan fingerprint density at radius 2 is 1.95 bits per heavy atom. The zero-order valence-electron chi connectivity index (χ0n) is 12.9. The first-order valence-corrected chi connectivity index (χ1v) is 6.65. The van der Waals surface area contributed by atoms with Crippen LogP contribution in [0.2, 0.25) is 0 Å². The summed E-state index contributed by atoms with van der Waals surface area (Å²) >= 11 is 0. The van der Waals surface area contributed by atoms with Gasteiger partial charge in [0, 0.05) is 5.69 Å². The summed E-state index contributed by atoms with van der Waals surface area (Å²) in [6.45, 7) is 10.9. The van der Waals surface area contributed by atoms with Crippen molar-refractivity contribution in [2.75, 3.05) is 0 Å². The number of H-pyrrole nitrogens is 1. The van der Waals surface area contributed by atoms with Crippen LogP contribution in [0.5, 0.6) is 0 Å². The standard InChI is InChI=1S/C14H23N3O3/c1-8(2)11(13(19)20-14(4,5)6)16-12(18)10-7-15-17-9(10)3/h7-8,11H,1-6H3,(H,15,17)(H,16,18)/t11-/m0/s1. The van der Waals surface area contributed by atoms with Crippen molar-refractivity contribution in [3.63, 3.8) is 0 Å². The van der Waals surface area contributed by atoms with Crippen molar-refractivity contribution < 1.29 is 14.3 Å². The molecule has 0 aliphatic carbocycles. The Labute approximate surface area is 119 Å². The van der Waals surface area contributed by atoms with Crippen LogP contribution in [0.3, 0.4) is 0 Å². The molecule has 1 heterocycles. The van der Waals surface area contributed by atoms with Gasteiger partial charge in [-0.3, -0.25) is 9.89 Å². The van der Waals surface area contributed by atoms with Crippen LogP contribution in [0, 0.1) is 12.8 Å². The summed E-state index contributed by atoms with van der Waals surface area (Å²) in [5.41, 5.74) is 0.508. The van der Waals surface area contributed by atoms with Crippen LogP contribution >= 0.6 is 0 Å². The van der Waals surface area contributed by atoms with Crippen LogP contribution in [-0.2, 0) is 9.53 Å². The SMILES string of the molecule is Cc1[nH]ncc1C(=O)N[C@H](C(=O)OC(C)(C)C)C(C)C. The van der Waals surface area contributed by atoms with Crippen LogP contribution in [0.15, 0.2) is 6.20 Å². The smallest absolute Gasteiger partial charge is 0.329 e. The fraction of sp³-hybridized carbons (Fsp3) is 0.643. The maximum atomic E-state index is 12.1. The van der Waals surface area contributed by atoms with Crippen molar-refractivity contribution >= 4 is 11.9 Å². The van der Waals surface area contributed by atoms with Crippen molar-refractivity contribution in [3.8, 4) is 0 Å². The molecule has 0 saturated carbocycles. The number of carbonyl (C=O) groups is 2. The van der Waals surface area contributed by atoms with Gasteiger partial charge in [0.25, 0.3) is 5.91 Å². The fourth-order valence-electron chi connectivity index (χ4n) is 1.66. The molecule has 0 aromatic carbocycles. The largest absolute Gasteiger partial charge is 0.458 e. The Morgan fingerprint density at radius 1 is 1.35 bits per heavy atom. The molecular formula is C14H23N3O3. The number of aryl methyl sites for hydroxylation is 1. The van der Waals surface area contributed by atoms with E-state index in [9.17, 15) is 9.59 Å². The van der Waals surface area contributed by atoms with E-state index in [-0.39, 0.29) is 11.8 Å². The van der Waals surface area contributed by atoms with E-state index >= 15 is 0 Å². The summed E-state index contributed by atoms with van der Waals surface area (Å²) in [7, 11) is 0. The Morgan fingerprint density at radius 3 is 2.35 bits per heavy atom. The summed E-state index contributed by atoms with van der Waals surface area (Å²) in [5.74, 6) is -0.830. The first kappa shape index (κ1) is 16.2. The van der Waals surface area contributed by atoms with Gasteiger partial charge in [0.1, 0.15) is 11.6 Å². The van der Waals surface area contributed by atoms with Crippen LogP contribution in [0.1, 0.15) is 50.7 Å². The van der Waals surface area contributed by atoms with Gasteiger partial charge in [-0.25, -0.2) is 4.79 Å². The number of nitrogens with zero attached hydrogens (tertiary/aromatic N) is 1. The van der Waals surface area contributed by atoms with Gasteiger partial charge in [-0.1, -0.05) is 13.8 Å². The maximum Gasteiger partial charge on any atom is 0.329 e. The molecule has 6 nitrogen and oxygen atoms in total. The van der Waals surface area contributed by atoms with Gasteiger partial charge in [-0.05, 0) is 33.6 Å². The zero-order chi connectivity index (χ0) is 15.5. The van der Waals surface area contributed by atoms with E-state index in [4.69, 9.17) is 4.74 Å². The third-order valence-electron chi connectivity index (χ3n) is 2.69. The van der Waals surface area contributed by atoms with Crippen LogP contribution in [0.25, 0.3) is 0 Å². The Balaban J connectivity index is 2.81. The van der Waals surface area contributed by atoms with Gasteiger partial charge in [0.15, 0.2) is 0 Å². The molecule has 1 rings (SSSR count). The highest BCUT2D eigenvalue weighted by Gasteiger charge is 2.29. The van der Waals surface area contributed by atoms with E-state index in [1.165, 1.54) is 6.20 Å². The summed E-state index contributed by atoms with van der Waals surface area (Å²) < 4.78 is 5.33. The van der Waals surface area contributed by atoms with Crippen LogP contribution < -0.4 is 5.32 Å². The molecule has 1 aromatic heterocycles. The molecule has 0 radical (unpaired) electrons. The Kier molecular flexibility index (Phi) is 4.92. The van der Waals surface area contributed by atoms with Gasteiger partial charge in [-0.15, -0.1) is 0 Å². The first-order chi connectivity index (χ1) is 9.11. The number of esters is 1. The number of nitrogens with one attached hydrogen (secondary N) is 2. The lowest BCUT2D eigenvalue weighted by molar-refractivity contribution is -0.158. The predicted octanol–water partition coefficient (Wildman–Crippen LogP) is 1.81. The molecule has 0 aliphatic rings. The van der Waals surface area contributed by atoms with Crippen molar-refractivity contribution in [2.45, 2.75) is 53.2 Å². The minimum absolute atomic E-state index is 0.0685. The zero-order valence-corrected chi connectivity index (χ0v) is 12.9. The van der Waals surface area contributed by atoms with Crippen molar-refractivity contribution in [2.24, 2.45) is 5.92 Å². The van der Waals surface area contributed by atoms with Crippen LogP contribution in [0.4, 0.5) is 0 Å². The van der Waals surface area contributed by atoms with Gasteiger partial charge in [0.05, 0.1) is 11.8 Å². The molecule has 1 amide bonds. The number of aromatic nitrogens is 2. The molecule has 1 atom stereocenters. The molecule has 0 aliphatic heterocycles. The molecule has 0 spiro atoms. The number of hydrogen-bond acceptors (Lipinski definition) is 4. The highest BCUT2D eigenvalue weighted by molar-refractivity contribution is 5.97. The number of ether oxygens (including phenoxy) is 1. The van der Waals surface area contributed by atoms with Gasteiger partial charge in [-0.2, -0.15) is 5.10 Å². The lowest BCUT2D eigenvalue weighted by atomic mass is 10.0. The number of hydrogen-bond donors (Lipinski definition) is 2. The second-order valence-corrected chi connectivity index (χ2v) is 6.14. The van der Waals surface area contributed by atoms with Crippen molar-refractivity contribution in [1.82, 2.24) is 15.5 Å². The monoisotopic (exact) mass is 281 g/mol. The number of rotatable bonds is 4. The minimum Gasteiger partial charge on any atom is -0.458 e. The molecule has 1 aromatic rings. The average molecular weight is 281 g/mol. The molecule has 20 heavy (non-hydrogen) atoms. The number of amides is 1. The topological polar surface area (TPSA) is 84.1 Å². The number of aromatic amines is 1. The lowest BCUT2D eigenvalue weighted by Gasteiger charge is -2.26. The van der Waals surface area contributed by atoms with Gasteiger partial charge < -0.3 is 10.1 Å². The first-order valence-electron chi connectivity index (χ1n) is 6.65. The summed E-state index contributed by atoms with van der Waals surface area (Å²) in [5, 5.41) is 9.20.